The molecule has 3 atom stereocenters. The topological polar surface area (TPSA) is 131 Å². The Morgan fingerprint density at radius 3 is 1.10 bits per heavy atom. The van der Waals surface area contributed by atoms with Gasteiger partial charge in [-0.1, -0.05) is 205 Å². The number of nitrogens with zero attached hydrogens (tertiary/aromatic N) is 8. The molecule has 0 amide bonds. The quantitative estimate of drug-likeness (QED) is 0.0810. The summed E-state index contributed by atoms with van der Waals surface area (Å²) >= 11 is 3.52. The van der Waals surface area contributed by atoms with Gasteiger partial charge in [-0.2, -0.15) is 0 Å². The van der Waals surface area contributed by atoms with Gasteiger partial charge in [0.05, 0.1) is 11.4 Å². The number of likely N-dealkylation sites (tertiary alicyclic amines) is 3. The van der Waals surface area contributed by atoms with Gasteiger partial charge in [-0.05, 0) is 211 Å². The predicted molar refractivity (Wildman–Crippen MR) is 408 cm³/mol. The van der Waals surface area contributed by atoms with Crippen LogP contribution < -0.4 is 11.6 Å². The maximum absolute atomic E-state index is 6.50. The van der Waals surface area contributed by atoms with Gasteiger partial charge in [-0.3, -0.25) is 14.7 Å². The maximum Gasteiger partial charge on any atom is 0.137 e. The van der Waals surface area contributed by atoms with E-state index in [9.17, 15) is 0 Å². The van der Waals surface area contributed by atoms with E-state index in [0.29, 0.717) is 23.9 Å². The second-order valence-corrected chi connectivity index (χ2v) is 26.8. The van der Waals surface area contributed by atoms with E-state index in [0.717, 1.165) is 65.5 Å². The summed E-state index contributed by atoms with van der Waals surface area (Å²) < 4.78 is 5.51. The summed E-state index contributed by atoms with van der Waals surface area (Å²) in [4.78, 5) is 21.7. The molecule has 3 aliphatic rings. The van der Waals surface area contributed by atoms with E-state index in [1.165, 1.54) is 146 Å². The van der Waals surface area contributed by atoms with Gasteiger partial charge in [0.25, 0.3) is 0 Å². The van der Waals surface area contributed by atoms with E-state index >= 15 is 0 Å². The molecule has 11 aromatic rings. The lowest BCUT2D eigenvalue weighted by Gasteiger charge is -2.36. The lowest BCUT2D eigenvalue weighted by Crippen LogP contribution is -2.40. The summed E-state index contributed by atoms with van der Waals surface area (Å²) in [6.07, 6.45) is 17.1. The minimum absolute atomic E-state index is 0. The molecule has 11 nitrogen and oxygen atoms in total. The van der Waals surface area contributed by atoms with Crippen molar-refractivity contribution < 1.29 is 5.21 Å². The first kappa shape index (κ1) is 73.0. The number of aromatic nitrogens is 5. The van der Waals surface area contributed by atoms with Crippen LogP contribution in [0, 0.1) is 27.7 Å². The van der Waals surface area contributed by atoms with Gasteiger partial charge in [-0.25, -0.2) is 20.8 Å². The standard InChI is InChI=1S/C30H33N3.C24H27N3.C19H22BrN.C11H12N2.ClH.H3NO/c1-23-14-15-24(2)33(23)30-13-8-12-29(31-30)27-18-16-25(17-19-27)21-28-11-6-7-20-32(28)22-26-9-4-3-5-10-26;25-24-11-6-10-23(26-24)21-14-12-19(13-15-21)17-22-9-4-5-16-27(22)18-20-7-2-1-3-8-20;20-18-11-9-16(10-12-18)14-19-8-4-5-13-21(19)15-17-6-2-1-3-7-17;1-9-6-7-10(2)13(9)11-5-3-4-8-12-11;;1-2/h3-5,8-10,12-19,28H,6-7,11,20-22H2,1-2H3;1-3,6-8,10-15,22H,4-5,9,16-18H2,(H2,25,26);1-3,6-7,9-12,19H,4-5,8,13-15H2;3-8H,1-2H3;1H;2H,1H2. The monoisotopic (exact) mass is 1380 g/mol. The highest BCUT2D eigenvalue weighted by Gasteiger charge is 2.26. The fraction of sp³-hybridized carbons (Fsp3) is 0.298. The zero-order valence-corrected chi connectivity index (χ0v) is 59.5. The SMILES string of the molecule is Brc1ccc(CC2CCCCN2Cc2ccccc2)cc1.Cc1ccc(C)n1-c1cccc(-c2ccc(CC3CCCCN3Cc3ccccc3)cc2)n1.Cc1ccc(C)n1-c1ccccn1.Cl.NO.Nc1cccc(-c2ccc(CC3CCCCN3Cc3ccccc3)cc2)n1. The highest BCUT2D eigenvalue weighted by atomic mass is 79.9. The Labute approximate surface area is 591 Å². The molecule has 3 saturated heterocycles. The molecular weight excluding hydrogens is 1280 g/mol. The molecule has 0 spiro atoms. The number of halogens is 2. The van der Waals surface area contributed by atoms with Crippen molar-refractivity contribution in [3.8, 4) is 34.2 Å². The van der Waals surface area contributed by atoms with Gasteiger partial charge in [-0.15, -0.1) is 12.4 Å². The Morgan fingerprint density at radius 2 is 0.722 bits per heavy atom. The molecule has 0 radical (unpaired) electrons. The van der Waals surface area contributed by atoms with Crippen LogP contribution in [0.3, 0.4) is 0 Å². The molecule has 14 rings (SSSR count). The number of pyridine rings is 3. The van der Waals surface area contributed by atoms with Crippen molar-refractivity contribution in [2.45, 2.75) is 143 Å². The van der Waals surface area contributed by atoms with Crippen LogP contribution in [-0.4, -0.2) is 81.8 Å². The van der Waals surface area contributed by atoms with E-state index in [-0.39, 0.29) is 12.4 Å². The fourth-order valence-electron chi connectivity index (χ4n) is 13.9. The van der Waals surface area contributed by atoms with Crippen molar-refractivity contribution in [2.75, 3.05) is 25.4 Å². The minimum Gasteiger partial charge on any atom is -0.384 e. The summed E-state index contributed by atoms with van der Waals surface area (Å²) in [6, 6.07) is 87.7. The number of nitrogens with two attached hydrogens (primary N) is 2. The summed E-state index contributed by atoms with van der Waals surface area (Å²) in [5.74, 6) is 6.04. The lowest BCUT2D eigenvalue weighted by atomic mass is 9.94. The van der Waals surface area contributed by atoms with E-state index in [2.05, 4.69) is 290 Å². The zero-order valence-electron chi connectivity index (χ0n) is 57.1. The number of hydrogen-bond donors (Lipinski definition) is 3. The highest BCUT2D eigenvalue weighted by molar-refractivity contribution is 9.10. The van der Waals surface area contributed by atoms with E-state index in [1.807, 2.05) is 42.6 Å². The minimum atomic E-state index is 0. The smallest absolute Gasteiger partial charge is 0.137 e. The molecule has 3 aliphatic heterocycles. The first-order valence-electron chi connectivity index (χ1n) is 34.5. The number of aryl methyl sites for hydroxylation is 4. The Bertz CT molecular complexity index is 4000. The summed E-state index contributed by atoms with van der Waals surface area (Å²) in [5.41, 5.74) is 23.4. The number of nitrogen functional groups attached to an aromatic ring is 1. The molecule has 0 aliphatic carbocycles. The molecule has 3 unspecified atom stereocenters. The molecule has 5 N–H and O–H groups in total. The summed E-state index contributed by atoms with van der Waals surface area (Å²) in [5, 5.41) is 6.50. The van der Waals surface area contributed by atoms with Gasteiger partial charge >= 0.3 is 0 Å². The van der Waals surface area contributed by atoms with Crippen LogP contribution in [0.2, 0.25) is 0 Å². The van der Waals surface area contributed by atoms with Gasteiger partial charge < -0.3 is 20.1 Å². The number of benzene rings is 6. The normalized spacial score (nSPS) is 16.3. The van der Waals surface area contributed by atoms with Crippen molar-refractivity contribution in [3.63, 3.8) is 0 Å². The Balaban J connectivity index is 0.000000156. The van der Waals surface area contributed by atoms with Crippen LogP contribution in [0.25, 0.3) is 34.2 Å². The number of hydrogen-bond acceptors (Lipinski definition) is 9. The molecule has 504 valence electrons. The van der Waals surface area contributed by atoms with Crippen molar-refractivity contribution >= 4 is 34.2 Å². The zero-order chi connectivity index (χ0) is 66.9. The van der Waals surface area contributed by atoms with Gasteiger partial charge in [0.2, 0.25) is 0 Å². The van der Waals surface area contributed by atoms with E-state index in [4.69, 9.17) is 15.9 Å². The summed E-state index contributed by atoms with van der Waals surface area (Å²) in [6.45, 7) is 15.2. The van der Waals surface area contributed by atoms with Crippen molar-refractivity contribution in [1.82, 2.24) is 38.8 Å². The highest BCUT2D eigenvalue weighted by Crippen LogP contribution is 2.29. The predicted octanol–water partition coefficient (Wildman–Crippen LogP) is 19.0. The summed E-state index contributed by atoms with van der Waals surface area (Å²) in [7, 11) is 0. The third kappa shape index (κ3) is 21.6. The van der Waals surface area contributed by atoms with E-state index < -0.39 is 0 Å². The van der Waals surface area contributed by atoms with Crippen molar-refractivity contribution in [3.05, 3.63) is 309 Å². The lowest BCUT2D eigenvalue weighted by molar-refractivity contribution is 0.139. The maximum atomic E-state index is 6.50. The molecule has 6 aromatic carbocycles. The molecule has 13 heteroatoms. The average molecular weight is 1380 g/mol. The Hall–Kier alpha value is -8.30. The third-order valence-electron chi connectivity index (χ3n) is 18.9. The van der Waals surface area contributed by atoms with Crippen LogP contribution in [0.1, 0.15) is 114 Å². The first-order valence-corrected chi connectivity index (χ1v) is 35.3. The van der Waals surface area contributed by atoms with Crippen LogP contribution in [-0.2, 0) is 38.9 Å². The number of rotatable bonds is 16. The molecule has 5 aromatic heterocycles. The van der Waals surface area contributed by atoms with Gasteiger partial charge in [0.15, 0.2) is 0 Å². The second-order valence-electron chi connectivity index (χ2n) is 25.9. The Morgan fingerprint density at radius 1 is 0.371 bits per heavy atom. The number of piperidine rings is 3. The van der Waals surface area contributed by atoms with Crippen LogP contribution in [0.5, 0.6) is 0 Å². The molecule has 8 heterocycles. The largest absolute Gasteiger partial charge is 0.384 e. The van der Waals surface area contributed by atoms with Crippen LogP contribution in [0.15, 0.2) is 253 Å². The third-order valence-corrected chi connectivity index (χ3v) is 19.4. The first-order chi connectivity index (χ1) is 47.0. The number of anilines is 1. The van der Waals surface area contributed by atoms with E-state index in [1.54, 1.807) is 0 Å². The van der Waals surface area contributed by atoms with Crippen molar-refractivity contribution in [1.29, 1.82) is 0 Å². The van der Waals surface area contributed by atoms with Gasteiger partial charge in [0.1, 0.15) is 17.5 Å². The molecule has 0 saturated carbocycles. The molecular formula is C84H98BrClN10O. The fourth-order valence-corrected chi connectivity index (χ4v) is 14.1. The molecule has 0 bridgehead atoms. The molecule has 97 heavy (non-hydrogen) atoms. The average Bonchev–Trinajstić information content (AvgIpc) is 1.79. The van der Waals surface area contributed by atoms with Gasteiger partial charge in [0, 0.05) is 82.3 Å². The van der Waals surface area contributed by atoms with Crippen LogP contribution in [0.4, 0.5) is 5.82 Å². The van der Waals surface area contributed by atoms with Crippen molar-refractivity contribution in [2.24, 2.45) is 5.90 Å². The van der Waals surface area contributed by atoms with Crippen LogP contribution >= 0.6 is 28.3 Å². The Kier molecular flexibility index (Phi) is 28.6. The second kappa shape index (κ2) is 38.0. The molecule has 3 fully saturated rings.